The van der Waals surface area contributed by atoms with Crippen molar-refractivity contribution in [2.45, 2.75) is 32.1 Å². The number of aryl methyl sites for hydroxylation is 1. The first kappa shape index (κ1) is 31.9. The number of aromatic nitrogens is 1. The van der Waals surface area contributed by atoms with E-state index in [4.69, 9.17) is 4.42 Å². The van der Waals surface area contributed by atoms with Gasteiger partial charge in [0.1, 0.15) is 11.2 Å². The molecule has 2 aromatic heterocycles. The van der Waals surface area contributed by atoms with Crippen molar-refractivity contribution in [1.29, 1.82) is 0 Å². The first-order chi connectivity index (χ1) is 26.9. The first-order valence-corrected chi connectivity index (χ1v) is 19.3. The molecule has 0 amide bonds. The number of benzene rings is 7. The summed E-state index contributed by atoms with van der Waals surface area (Å²) in [6.45, 7) is 7.02. The summed E-state index contributed by atoms with van der Waals surface area (Å²) in [4.78, 5) is 2.42. The van der Waals surface area contributed by atoms with Crippen LogP contribution in [0.1, 0.15) is 36.5 Å². The van der Waals surface area contributed by atoms with Crippen LogP contribution < -0.4 is 4.90 Å². The lowest BCUT2D eigenvalue weighted by molar-refractivity contribution is 0.392. The van der Waals surface area contributed by atoms with Crippen LogP contribution in [0.2, 0.25) is 0 Å². The molecule has 2 aliphatic rings. The number of anilines is 2. The van der Waals surface area contributed by atoms with Crippen molar-refractivity contribution in [3.63, 3.8) is 0 Å². The summed E-state index contributed by atoms with van der Waals surface area (Å²) in [6, 6.07) is 57.5. The molecule has 0 bridgehead atoms. The molecule has 2 atom stereocenters. The lowest BCUT2D eigenvalue weighted by Gasteiger charge is -2.34. The molecule has 0 spiro atoms. The number of hydrogen-bond donors (Lipinski definition) is 0. The van der Waals surface area contributed by atoms with Crippen molar-refractivity contribution < 1.29 is 4.42 Å². The van der Waals surface area contributed by atoms with E-state index in [1.807, 2.05) is 12.1 Å². The Bertz CT molecular complexity index is 2970. The maximum absolute atomic E-state index is 6.12. The largest absolute Gasteiger partial charge is 0.456 e. The highest BCUT2D eigenvalue weighted by atomic mass is 16.3. The van der Waals surface area contributed by atoms with Crippen LogP contribution in [0.5, 0.6) is 0 Å². The predicted molar refractivity (Wildman–Crippen MR) is 230 cm³/mol. The topological polar surface area (TPSA) is 21.3 Å². The van der Waals surface area contributed by atoms with E-state index in [1.54, 1.807) is 0 Å². The Labute approximate surface area is 321 Å². The second-order valence-corrected chi connectivity index (χ2v) is 15.9. The molecule has 55 heavy (non-hydrogen) atoms. The van der Waals surface area contributed by atoms with Gasteiger partial charge in [-0.2, -0.15) is 0 Å². The molecule has 0 aliphatic heterocycles. The van der Waals surface area contributed by atoms with Gasteiger partial charge < -0.3 is 13.9 Å². The Hall–Kier alpha value is -6.58. The Morgan fingerprint density at radius 2 is 1.20 bits per heavy atom. The number of nitrogens with zero attached hydrogens (tertiary/aromatic N) is 2. The van der Waals surface area contributed by atoms with E-state index in [0.717, 1.165) is 33.3 Å². The number of hydrogen-bond acceptors (Lipinski definition) is 2. The van der Waals surface area contributed by atoms with Gasteiger partial charge in [0.15, 0.2) is 0 Å². The second-order valence-electron chi connectivity index (χ2n) is 15.9. The minimum absolute atomic E-state index is 0.0799. The number of furan rings is 1. The van der Waals surface area contributed by atoms with Crippen LogP contribution >= 0.6 is 0 Å². The zero-order valence-electron chi connectivity index (χ0n) is 31.2. The van der Waals surface area contributed by atoms with Crippen molar-refractivity contribution in [3.8, 4) is 16.8 Å². The van der Waals surface area contributed by atoms with E-state index >= 15 is 0 Å². The Balaban J connectivity index is 0.974. The Morgan fingerprint density at radius 3 is 1.93 bits per heavy atom. The van der Waals surface area contributed by atoms with Crippen LogP contribution in [0.25, 0.3) is 60.6 Å². The van der Waals surface area contributed by atoms with Crippen LogP contribution in [0, 0.1) is 12.8 Å². The van der Waals surface area contributed by atoms with Gasteiger partial charge in [0, 0.05) is 50.2 Å². The van der Waals surface area contributed by atoms with Crippen LogP contribution in [0.15, 0.2) is 186 Å². The van der Waals surface area contributed by atoms with Gasteiger partial charge in [-0.25, -0.2) is 0 Å². The molecule has 0 saturated carbocycles. The standard InChI is InChI=1S/C52H40N2O/c1-33-16-21-36(22-17-33)53(37-23-18-34(19-24-37)35-20-29-51-45(30-35)44-12-6-9-15-50(44)55-51)38-25-27-40-41-28-26-39(32-47(41)52(2,3)46(40)31-38)54-48-13-7-4-10-42(48)43-11-5-8-14-49(43)54/h4-32,40,46H,1-3H3. The molecular formula is C52H40N2O. The van der Waals surface area contributed by atoms with Crippen molar-refractivity contribution in [3.05, 3.63) is 198 Å². The highest BCUT2D eigenvalue weighted by Crippen LogP contribution is 2.55. The highest BCUT2D eigenvalue weighted by Gasteiger charge is 2.46. The van der Waals surface area contributed by atoms with Crippen molar-refractivity contribution in [1.82, 2.24) is 4.57 Å². The number of para-hydroxylation sites is 3. The summed E-state index contributed by atoms with van der Waals surface area (Å²) in [5.74, 6) is 0.622. The maximum atomic E-state index is 6.12. The minimum Gasteiger partial charge on any atom is -0.456 e. The smallest absolute Gasteiger partial charge is 0.135 e. The molecule has 3 heteroatoms. The molecule has 2 heterocycles. The predicted octanol–water partition coefficient (Wildman–Crippen LogP) is 13.9. The fourth-order valence-corrected chi connectivity index (χ4v) is 9.53. The Morgan fingerprint density at radius 1 is 0.582 bits per heavy atom. The summed E-state index contributed by atoms with van der Waals surface area (Å²) in [6.07, 6.45) is 7.34. The summed E-state index contributed by atoms with van der Waals surface area (Å²) < 4.78 is 8.56. The maximum Gasteiger partial charge on any atom is 0.135 e. The fourth-order valence-electron chi connectivity index (χ4n) is 9.53. The van der Waals surface area contributed by atoms with E-state index in [-0.39, 0.29) is 5.41 Å². The van der Waals surface area contributed by atoms with E-state index in [9.17, 15) is 0 Å². The van der Waals surface area contributed by atoms with Crippen molar-refractivity contribution >= 4 is 55.1 Å². The van der Waals surface area contributed by atoms with Gasteiger partial charge in [-0.05, 0) is 113 Å². The lowest BCUT2D eigenvalue weighted by atomic mass is 9.74. The molecule has 7 aromatic carbocycles. The first-order valence-electron chi connectivity index (χ1n) is 19.3. The zero-order chi connectivity index (χ0) is 36.8. The third kappa shape index (κ3) is 4.89. The van der Waals surface area contributed by atoms with Crippen molar-refractivity contribution in [2.75, 3.05) is 4.90 Å². The number of fused-ring (bicyclic) bond motifs is 9. The average molecular weight is 709 g/mol. The quantitative estimate of drug-likeness (QED) is 0.177. The fraction of sp³-hybridized carbons (Fsp3) is 0.115. The normalized spacial score (nSPS) is 17.2. The van der Waals surface area contributed by atoms with Gasteiger partial charge in [0.2, 0.25) is 0 Å². The van der Waals surface area contributed by atoms with Gasteiger partial charge in [0.25, 0.3) is 0 Å². The van der Waals surface area contributed by atoms with Crippen LogP contribution in [-0.4, -0.2) is 4.57 Å². The van der Waals surface area contributed by atoms with Crippen LogP contribution in [0.4, 0.5) is 11.4 Å². The highest BCUT2D eigenvalue weighted by molar-refractivity contribution is 6.09. The molecule has 3 nitrogen and oxygen atoms in total. The molecule has 2 aliphatic carbocycles. The van der Waals surface area contributed by atoms with Gasteiger partial charge in [-0.3, -0.25) is 0 Å². The summed E-state index contributed by atoms with van der Waals surface area (Å²) >= 11 is 0. The second kappa shape index (κ2) is 12.0. The van der Waals surface area contributed by atoms with Gasteiger partial charge in [-0.1, -0.05) is 123 Å². The molecule has 0 radical (unpaired) electrons. The van der Waals surface area contributed by atoms with E-state index in [1.165, 1.54) is 61.0 Å². The third-order valence-electron chi connectivity index (χ3n) is 12.4. The summed E-state index contributed by atoms with van der Waals surface area (Å²) in [5.41, 5.74) is 15.4. The number of allylic oxidation sites excluding steroid dienone is 3. The van der Waals surface area contributed by atoms with Gasteiger partial charge >= 0.3 is 0 Å². The van der Waals surface area contributed by atoms with E-state index in [0.29, 0.717) is 11.8 Å². The molecule has 11 rings (SSSR count). The average Bonchev–Trinajstić information content (AvgIpc) is 3.84. The molecule has 2 unspecified atom stereocenters. The molecule has 0 saturated heterocycles. The monoisotopic (exact) mass is 708 g/mol. The Kier molecular flexibility index (Phi) is 6.94. The molecule has 0 fully saturated rings. The molecule has 0 N–H and O–H groups in total. The van der Waals surface area contributed by atoms with Crippen LogP contribution in [0.3, 0.4) is 0 Å². The zero-order valence-corrected chi connectivity index (χ0v) is 31.2. The molecule has 264 valence electrons. The van der Waals surface area contributed by atoms with Gasteiger partial charge in [-0.15, -0.1) is 0 Å². The molecule has 9 aromatic rings. The van der Waals surface area contributed by atoms with Crippen molar-refractivity contribution in [2.24, 2.45) is 5.92 Å². The SMILES string of the molecule is Cc1ccc(N(C2=CC3C(C=C2)c2ccc(-n4c5ccccc5c5ccccc54)cc2C3(C)C)c2ccc(-c3ccc4oc5ccccc5c4c3)cc2)cc1. The third-order valence-corrected chi connectivity index (χ3v) is 12.4. The minimum atomic E-state index is -0.0799. The van der Waals surface area contributed by atoms with Gasteiger partial charge in [0.05, 0.1) is 11.0 Å². The van der Waals surface area contributed by atoms with Crippen LogP contribution in [-0.2, 0) is 5.41 Å². The summed E-state index contributed by atoms with van der Waals surface area (Å²) in [7, 11) is 0. The van der Waals surface area contributed by atoms with E-state index in [2.05, 4.69) is 194 Å². The van der Waals surface area contributed by atoms with E-state index < -0.39 is 0 Å². The summed E-state index contributed by atoms with van der Waals surface area (Å²) in [5, 5.41) is 4.88. The molecular weight excluding hydrogens is 669 g/mol. The lowest BCUT2D eigenvalue weighted by Crippen LogP contribution is -2.28. The number of rotatable bonds is 5.